The predicted octanol–water partition coefficient (Wildman–Crippen LogP) is 21.3. The Labute approximate surface area is 506 Å². The molecule has 0 aliphatic heterocycles. The number of nitrogens with zero attached hydrogens (tertiary/aromatic N) is 1. The van der Waals surface area contributed by atoms with E-state index in [2.05, 4.69) is 123 Å². The minimum atomic E-state index is -4.47. The van der Waals surface area contributed by atoms with Gasteiger partial charge in [-0.25, -0.2) is 4.57 Å². The van der Waals surface area contributed by atoms with Crippen LogP contribution in [0.3, 0.4) is 0 Å². The van der Waals surface area contributed by atoms with Gasteiger partial charge in [-0.2, -0.15) is 0 Å². The van der Waals surface area contributed by atoms with E-state index in [4.69, 9.17) is 13.8 Å². The molecule has 0 heterocycles. The van der Waals surface area contributed by atoms with Crippen LogP contribution in [0.4, 0.5) is 0 Å². The molecular weight excluding hydrogens is 1040 g/mol. The second-order valence-electron chi connectivity index (χ2n) is 23.6. The smallest absolute Gasteiger partial charge is 0.456 e. The van der Waals surface area contributed by atoms with Crippen molar-refractivity contribution in [2.45, 2.75) is 296 Å². The van der Waals surface area contributed by atoms with Crippen molar-refractivity contribution in [2.75, 3.05) is 40.9 Å². The van der Waals surface area contributed by atoms with Gasteiger partial charge < -0.3 is 19.4 Å². The van der Waals surface area contributed by atoms with Crippen LogP contribution in [0.15, 0.2) is 109 Å². The highest BCUT2D eigenvalue weighted by Gasteiger charge is 2.30. The van der Waals surface area contributed by atoms with Crippen LogP contribution in [-0.4, -0.2) is 74.3 Å². The molecule has 3 atom stereocenters. The molecule has 1 amide bonds. The first kappa shape index (κ1) is 78.7. The van der Waals surface area contributed by atoms with Crippen molar-refractivity contribution >= 4 is 19.7 Å². The summed E-state index contributed by atoms with van der Waals surface area (Å²) in [6.45, 7) is 6.86. The van der Waals surface area contributed by atoms with Crippen molar-refractivity contribution in [3.05, 3.63) is 109 Å². The molecule has 0 saturated carbocycles. The molecular formula is C72H128N2O7P+. The highest BCUT2D eigenvalue weighted by molar-refractivity contribution is 7.47. The fourth-order valence-corrected chi connectivity index (χ4v) is 10.0. The zero-order chi connectivity index (χ0) is 60.0. The summed E-state index contributed by atoms with van der Waals surface area (Å²) in [6.07, 6.45) is 83.7. The zero-order valence-corrected chi connectivity index (χ0v) is 54.8. The summed E-state index contributed by atoms with van der Waals surface area (Å²) in [5, 5.41) is 3.05. The van der Waals surface area contributed by atoms with Gasteiger partial charge in [-0.3, -0.25) is 18.6 Å². The van der Waals surface area contributed by atoms with Gasteiger partial charge in [0.15, 0.2) is 0 Å². The van der Waals surface area contributed by atoms with Gasteiger partial charge >= 0.3 is 13.8 Å². The van der Waals surface area contributed by atoms with Crippen molar-refractivity contribution in [2.24, 2.45) is 0 Å². The van der Waals surface area contributed by atoms with Crippen LogP contribution in [0.5, 0.6) is 0 Å². The predicted molar refractivity (Wildman–Crippen MR) is 355 cm³/mol. The summed E-state index contributed by atoms with van der Waals surface area (Å²) < 4.78 is 30.8. The molecule has 0 aromatic heterocycles. The molecule has 0 rings (SSSR count). The number of quaternary nitrogens is 1. The molecule has 0 spiro atoms. The van der Waals surface area contributed by atoms with Crippen LogP contribution >= 0.6 is 7.82 Å². The average Bonchev–Trinajstić information content (AvgIpc) is 3.44. The van der Waals surface area contributed by atoms with E-state index in [9.17, 15) is 19.0 Å². The topological polar surface area (TPSA) is 111 Å². The minimum absolute atomic E-state index is 0.0303. The molecule has 0 aromatic rings. The fourth-order valence-electron chi connectivity index (χ4n) is 9.27. The van der Waals surface area contributed by atoms with Crippen LogP contribution in [0.2, 0.25) is 0 Å². The average molecular weight is 1160 g/mol. The SMILES string of the molecule is CC/C=C\C/C=C\C/C=C\C/C=C\C/C=C\CCCCCCCC(=O)NC(COP(=O)(O)OCC[N+](C)(C)C)C(/C=C/CCCCCCCCCCCC)OC(=O)CCCCCCCCCCCC/C=C\C/C=C\C/C=C\CCCCC. The number of hydrogen-bond acceptors (Lipinski definition) is 6. The van der Waals surface area contributed by atoms with Gasteiger partial charge in [-0.15, -0.1) is 0 Å². The number of amides is 1. The molecule has 9 nitrogen and oxygen atoms in total. The number of hydrogen-bond donors (Lipinski definition) is 2. The lowest BCUT2D eigenvalue weighted by molar-refractivity contribution is -0.870. The maximum Gasteiger partial charge on any atom is 0.472 e. The Morgan fingerprint density at radius 2 is 0.780 bits per heavy atom. The molecule has 0 aliphatic carbocycles. The zero-order valence-electron chi connectivity index (χ0n) is 54.0. The summed E-state index contributed by atoms with van der Waals surface area (Å²) in [7, 11) is 1.47. The highest BCUT2D eigenvalue weighted by atomic mass is 31.2. The van der Waals surface area contributed by atoms with E-state index in [0.717, 1.165) is 122 Å². The van der Waals surface area contributed by atoms with Crippen LogP contribution in [0.1, 0.15) is 284 Å². The number of rotatable bonds is 60. The van der Waals surface area contributed by atoms with Crippen LogP contribution in [-0.2, 0) is 27.9 Å². The van der Waals surface area contributed by atoms with Crippen molar-refractivity contribution < 1.29 is 37.3 Å². The van der Waals surface area contributed by atoms with E-state index in [1.807, 2.05) is 33.3 Å². The Morgan fingerprint density at radius 1 is 0.439 bits per heavy atom. The number of carbonyl (C=O) groups is 2. The molecule has 0 radical (unpaired) electrons. The third-order valence-electron chi connectivity index (χ3n) is 14.4. The van der Waals surface area contributed by atoms with Gasteiger partial charge in [0.2, 0.25) is 5.91 Å². The summed E-state index contributed by atoms with van der Waals surface area (Å²) in [5.41, 5.74) is 0. The fraction of sp³-hybridized carbons (Fsp3) is 0.722. The molecule has 0 fully saturated rings. The van der Waals surface area contributed by atoms with Crippen molar-refractivity contribution in [1.29, 1.82) is 0 Å². The summed E-state index contributed by atoms with van der Waals surface area (Å²) in [4.78, 5) is 37.8. The molecule has 0 bridgehead atoms. The van der Waals surface area contributed by atoms with E-state index < -0.39 is 20.0 Å². The number of nitrogens with one attached hydrogen (secondary N) is 1. The Kier molecular flexibility index (Phi) is 58.3. The number of allylic oxidation sites excluding steroid dienone is 17. The molecule has 0 aromatic carbocycles. The van der Waals surface area contributed by atoms with Crippen molar-refractivity contribution in [1.82, 2.24) is 5.32 Å². The molecule has 0 saturated heterocycles. The maximum absolute atomic E-state index is 13.6. The Bertz CT molecular complexity index is 1770. The molecule has 2 N–H and O–H groups in total. The van der Waals surface area contributed by atoms with Crippen molar-refractivity contribution in [3.63, 3.8) is 0 Å². The first-order chi connectivity index (χ1) is 39.9. The van der Waals surface area contributed by atoms with Crippen LogP contribution < -0.4 is 5.32 Å². The largest absolute Gasteiger partial charge is 0.472 e. The monoisotopic (exact) mass is 1160 g/mol. The maximum atomic E-state index is 13.6. The van der Waals surface area contributed by atoms with Crippen LogP contribution in [0.25, 0.3) is 0 Å². The molecule has 472 valence electrons. The van der Waals surface area contributed by atoms with E-state index >= 15 is 0 Å². The van der Waals surface area contributed by atoms with Gasteiger partial charge in [-0.1, -0.05) is 265 Å². The second-order valence-corrected chi connectivity index (χ2v) is 25.1. The van der Waals surface area contributed by atoms with Crippen molar-refractivity contribution in [3.8, 4) is 0 Å². The Morgan fingerprint density at radius 3 is 1.20 bits per heavy atom. The van der Waals surface area contributed by atoms with Gasteiger partial charge in [0, 0.05) is 12.8 Å². The lowest BCUT2D eigenvalue weighted by atomic mass is 10.0. The van der Waals surface area contributed by atoms with Gasteiger partial charge in [0.25, 0.3) is 0 Å². The second kappa shape index (κ2) is 60.8. The summed E-state index contributed by atoms with van der Waals surface area (Å²) >= 11 is 0. The standard InChI is InChI=1S/C72H127N2O7P/c1-7-10-13-16-19-22-25-28-30-32-34-36-37-39-41-43-45-47-50-53-56-59-62-65-72(76)81-70(63-60-57-54-51-48-27-24-21-18-15-12-9-3)69(68-80-82(77,78)79-67-66-74(4,5)6)73-71(75)64-61-58-55-52-49-46-44-42-40-38-35-33-31-29-26-23-20-17-14-11-8-2/h11,14,19-20,22-23,28-31,34-36,38,42,44,60,63,69-70H,7-10,12-13,15-18,21,24-27,32-33,37,39-41,43,45-59,61-62,64-68H2,1-6H3,(H-,73,75,77,78)/p+1/b14-11-,22-19-,23-20-,30-28-,31-29-,36-34-,38-35-,44-42-,63-60+. The van der Waals surface area contributed by atoms with E-state index in [1.165, 1.54) is 128 Å². The Balaban J connectivity index is 5.20. The lowest BCUT2D eigenvalue weighted by Crippen LogP contribution is -2.47. The van der Waals surface area contributed by atoms with E-state index in [0.29, 0.717) is 17.4 Å². The quantitative estimate of drug-likeness (QED) is 0.0205. The van der Waals surface area contributed by atoms with Gasteiger partial charge in [0.1, 0.15) is 19.3 Å². The number of likely N-dealkylation sites (N-methyl/N-ethyl adjacent to an activating group) is 1. The number of phosphoric ester groups is 1. The number of esters is 1. The number of unbranched alkanes of at least 4 members (excludes halogenated alkanes) is 28. The summed E-state index contributed by atoms with van der Waals surface area (Å²) in [5.74, 6) is -0.533. The lowest BCUT2D eigenvalue weighted by Gasteiger charge is -2.27. The van der Waals surface area contributed by atoms with E-state index in [1.54, 1.807) is 0 Å². The molecule has 10 heteroatoms. The molecule has 0 aliphatic rings. The third kappa shape index (κ3) is 61.2. The number of carbonyl (C=O) groups excluding carboxylic acids is 2. The summed E-state index contributed by atoms with van der Waals surface area (Å²) in [6, 6.07) is -0.868. The minimum Gasteiger partial charge on any atom is -0.456 e. The Hall–Kier alpha value is -3.33. The molecule has 3 unspecified atom stereocenters. The third-order valence-corrected chi connectivity index (χ3v) is 15.4. The van der Waals surface area contributed by atoms with Gasteiger partial charge in [-0.05, 0) is 115 Å². The van der Waals surface area contributed by atoms with Gasteiger partial charge in [0.05, 0.1) is 33.8 Å². The normalized spacial score (nSPS) is 14.3. The number of ether oxygens (including phenoxy) is 1. The molecule has 82 heavy (non-hydrogen) atoms. The van der Waals surface area contributed by atoms with Crippen LogP contribution in [0, 0.1) is 0 Å². The highest BCUT2D eigenvalue weighted by Crippen LogP contribution is 2.43. The first-order valence-electron chi connectivity index (χ1n) is 33.7. The number of phosphoric acid groups is 1. The van der Waals surface area contributed by atoms with E-state index in [-0.39, 0.29) is 31.5 Å². The first-order valence-corrected chi connectivity index (χ1v) is 35.2.